The molecule has 0 radical (unpaired) electrons. The predicted octanol–water partition coefficient (Wildman–Crippen LogP) is 1.19. The highest BCUT2D eigenvalue weighted by Gasteiger charge is 2.29. The van der Waals surface area contributed by atoms with Gasteiger partial charge < -0.3 is 9.84 Å². The van der Waals surface area contributed by atoms with E-state index in [1.165, 1.54) is 12.3 Å². The third-order valence-corrected chi connectivity index (χ3v) is 3.40. The lowest BCUT2D eigenvalue weighted by Crippen LogP contribution is -2.11. The topological polar surface area (TPSA) is 76.5 Å². The zero-order valence-electron chi connectivity index (χ0n) is 8.25. The van der Waals surface area contributed by atoms with Crippen molar-refractivity contribution in [1.82, 2.24) is 4.98 Å². The minimum absolute atomic E-state index is 0.118. The Morgan fingerprint density at radius 2 is 2.44 bits per heavy atom. The molecule has 1 fully saturated rings. The summed E-state index contributed by atoms with van der Waals surface area (Å²) in [5, 5.41) is 8.96. The van der Waals surface area contributed by atoms with Gasteiger partial charge in [-0.2, -0.15) is 0 Å². The van der Waals surface area contributed by atoms with E-state index in [1.807, 2.05) is 0 Å². The Morgan fingerprint density at radius 3 is 3.06 bits per heavy atom. The van der Waals surface area contributed by atoms with Gasteiger partial charge in [-0.15, -0.1) is 0 Å². The van der Waals surface area contributed by atoms with Crippen LogP contribution in [0.3, 0.4) is 0 Å². The molecular weight excluding hydrogens is 230 g/mol. The molecular formula is C10H9NO4S. The van der Waals surface area contributed by atoms with Crippen LogP contribution >= 0.6 is 11.8 Å². The lowest BCUT2D eigenvalue weighted by Gasteiger charge is -2.06. The lowest BCUT2D eigenvalue weighted by molar-refractivity contribution is -0.137. The van der Waals surface area contributed by atoms with Crippen LogP contribution in [-0.4, -0.2) is 33.9 Å². The number of hydrogen-bond donors (Lipinski definition) is 1. The number of carboxylic acid groups (broad SMARTS) is 1. The van der Waals surface area contributed by atoms with E-state index in [2.05, 4.69) is 4.98 Å². The van der Waals surface area contributed by atoms with Gasteiger partial charge in [0.2, 0.25) is 0 Å². The maximum absolute atomic E-state index is 11.2. The molecule has 0 saturated carbocycles. The van der Waals surface area contributed by atoms with Gasteiger partial charge in [-0.05, 0) is 12.1 Å². The molecule has 0 amide bonds. The van der Waals surface area contributed by atoms with Crippen LogP contribution in [0.1, 0.15) is 16.8 Å². The zero-order chi connectivity index (χ0) is 11.5. The van der Waals surface area contributed by atoms with Crippen molar-refractivity contribution in [2.24, 2.45) is 0 Å². The number of carbonyl (C=O) groups is 2. The SMILES string of the molecule is O=C(O)c1cccnc1SC1CCOC1=O. The molecule has 16 heavy (non-hydrogen) atoms. The number of rotatable bonds is 3. The summed E-state index contributed by atoms with van der Waals surface area (Å²) in [5.41, 5.74) is 0.118. The first-order chi connectivity index (χ1) is 7.68. The molecule has 1 unspecified atom stereocenters. The summed E-state index contributed by atoms with van der Waals surface area (Å²) in [7, 11) is 0. The smallest absolute Gasteiger partial charge is 0.338 e. The highest BCUT2D eigenvalue weighted by Crippen LogP contribution is 2.30. The molecule has 0 spiro atoms. The van der Waals surface area contributed by atoms with Crippen molar-refractivity contribution >= 4 is 23.7 Å². The molecule has 2 rings (SSSR count). The van der Waals surface area contributed by atoms with E-state index in [-0.39, 0.29) is 16.8 Å². The minimum atomic E-state index is -1.04. The average molecular weight is 239 g/mol. The number of aromatic nitrogens is 1. The van der Waals surface area contributed by atoms with Crippen LogP contribution in [0.15, 0.2) is 23.4 Å². The lowest BCUT2D eigenvalue weighted by atomic mass is 10.3. The number of thioether (sulfide) groups is 1. The monoisotopic (exact) mass is 239 g/mol. The molecule has 1 aromatic rings. The van der Waals surface area contributed by atoms with E-state index in [1.54, 1.807) is 6.07 Å². The number of carboxylic acids is 1. The Bertz CT molecular complexity index is 435. The maximum Gasteiger partial charge on any atom is 0.338 e. The van der Waals surface area contributed by atoms with Crippen LogP contribution in [0, 0.1) is 0 Å². The van der Waals surface area contributed by atoms with Crippen LogP contribution in [0.5, 0.6) is 0 Å². The highest BCUT2D eigenvalue weighted by molar-refractivity contribution is 8.00. The Labute approximate surface area is 95.8 Å². The van der Waals surface area contributed by atoms with E-state index < -0.39 is 5.97 Å². The number of aromatic carboxylic acids is 1. The van der Waals surface area contributed by atoms with Crippen molar-refractivity contribution in [2.45, 2.75) is 16.7 Å². The Hall–Kier alpha value is -1.56. The maximum atomic E-state index is 11.2. The van der Waals surface area contributed by atoms with Gasteiger partial charge in [0.15, 0.2) is 0 Å². The van der Waals surface area contributed by atoms with Gasteiger partial charge in [0, 0.05) is 12.6 Å². The zero-order valence-corrected chi connectivity index (χ0v) is 9.07. The van der Waals surface area contributed by atoms with Crippen molar-refractivity contribution < 1.29 is 19.4 Å². The molecule has 2 heterocycles. The van der Waals surface area contributed by atoms with Gasteiger partial charge >= 0.3 is 11.9 Å². The molecule has 1 saturated heterocycles. The number of ether oxygens (including phenoxy) is 1. The molecule has 0 aromatic carbocycles. The molecule has 1 aliphatic heterocycles. The summed E-state index contributed by atoms with van der Waals surface area (Å²) in [4.78, 5) is 26.1. The number of carbonyl (C=O) groups excluding carboxylic acids is 1. The summed E-state index contributed by atoms with van der Waals surface area (Å²) >= 11 is 1.15. The molecule has 1 aliphatic rings. The van der Waals surface area contributed by atoms with Gasteiger partial charge in [0.1, 0.15) is 10.3 Å². The third-order valence-electron chi connectivity index (χ3n) is 2.14. The summed E-state index contributed by atoms with van der Waals surface area (Å²) in [5.74, 6) is -1.34. The molecule has 1 aromatic heterocycles. The van der Waals surface area contributed by atoms with Crippen LogP contribution in [0.4, 0.5) is 0 Å². The molecule has 1 N–H and O–H groups in total. The Balaban J connectivity index is 2.20. The Kier molecular flexibility index (Phi) is 3.09. The molecule has 6 heteroatoms. The normalized spacial score (nSPS) is 19.5. The molecule has 84 valence electrons. The van der Waals surface area contributed by atoms with Crippen molar-refractivity contribution in [2.75, 3.05) is 6.61 Å². The number of hydrogen-bond acceptors (Lipinski definition) is 5. The van der Waals surface area contributed by atoms with Crippen LogP contribution in [0.2, 0.25) is 0 Å². The molecule has 0 bridgehead atoms. The van der Waals surface area contributed by atoms with E-state index in [4.69, 9.17) is 9.84 Å². The number of pyridine rings is 1. The van der Waals surface area contributed by atoms with E-state index in [0.29, 0.717) is 18.1 Å². The van der Waals surface area contributed by atoms with E-state index >= 15 is 0 Å². The van der Waals surface area contributed by atoms with Crippen molar-refractivity contribution in [3.63, 3.8) is 0 Å². The highest BCUT2D eigenvalue weighted by atomic mass is 32.2. The first kappa shape index (κ1) is 10.9. The van der Waals surface area contributed by atoms with Crippen molar-refractivity contribution in [3.05, 3.63) is 23.9 Å². The van der Waals surface area contributed by atoms with Gasteiger partial charge in [-0.3, -0.25) is 4.79 Å². The summed E-state index contributed by atoms with van der Waals surface area (Å²) in [6.45, 7) is 0.395. The standard InChI is InChI=1S/C10H9NO4S/c12-9(13)6-2-1-4-11-8(6)16-7-3-5-15-10(7)14/h1-2,4,7H,3,5H2,(H,12,13). The van der Waals surface area contributed by atoms with E-state index in [0.717, 1.165) is 11.8 Å². The van der Waals surface area contributed by atoms with Crippen molar-refractivity contribution in [1.29, 1.82) is 0 Å². The average Bonchev–Trinajstić information content (AvgIpc) is 2.65. The fourth-order valence-electron chi connectivity index (χ4n) is 1.37. The van der Waals surface area contributed by atoms with Gasteiger partial charge in [-0.25, -0.2) is 9.78 Å². The Morgan fingerprint density at radius 1 is 1.62 bits per heavy atom. The molecule has 5 nitrogen and oxygen atoms in total. The van der Waals surface area contributed by atoms with E-state index in [9.17, 15) is 9.59 Å². The minimum Gasteiger partial charge on any atom is -0.478 e. The van der Waals surface area contributed by atoms with Gasteiger partial charge in [-0.1, -0.05) is 11.8 Å². The molecule has 0 aliphatic carbocycles. The van der Waals surface area contributed by atoms with Crippen molar-refractivity contribution in [3.8, 4) is 0 Å². The summed E-state index contributed by atoms with van der Waals surface area (Å²) in [6, 6.07) is 3.03. The van der Waals surface area contributed by atoms with Crippen LogP contribution in [-0.2, 0) is 9.53 Å². The second kappa shape index (κ2) is 4.52. The second-order valence-electron chi connectivity index (χ2n) is 3.22. The fourth-order valence-corrected chi connectivity index (χ4v) is 2.42. The largest absolute Gasteiger partial charge is 0.478 e. The summed E-state index contributed by atoms with van der Waals surface area (Å²) < 4.78 is 4.80. The molecule has 1 atom stereocenters. The summed E-state index contributed by atoms with van der Waals surface area (Å²) in [6.07, 6.45) is 2.11. The second-order valence-corrected chi connectivity index (χ2v) is 4.42. The number of cyclic esters (lactones) is 1. The first-order valence-electron chi connectivity index (χ1n) is 4.70. The first-order valence-corrected chi connectivity index (χ1v) is 5.58. The van der Waals surface area contributed by atoms with Crippen LogP contribution < -0.4 is 0 Å². The quantitative estimate of drug-likeness (QED) is 0.798. The fraction of sp³-hybridized carbons (Fsp3) is 0.300. The third kappa shape index (κ3) is 2.16. The van der Waals surface area contributed by atoms with Gasteiger partial charge in [0.05, 0.1) is 12.2 Å². The predicted molar refractivity (Wildman–Crippen MR) is 56.4 cm³/mol. The number of esters is 1. The number of nitrogens with zero attached hydrogens (tertiary/aromatic N) is 1. The van der Waals surface area contributed by atoms with Gasteiger partial charge in [0.25, 0.3) is 0 Å². The van der Waals surface area contributed by atoms with Crippen LogP contribution in [0.25, 0.3) is 0 Å².